The van der Waals surface area contributed by atoms with Crippen molar-refractivity contribution in [3.05, 3.63) is 77.2 Å². The van der Waals surface area contributed by atoms with Gasteiger partial charge in [-0.15, -0.1) is 11.3 Å². The first-order chi connectivity index (χ1) is 11.5. The minimum atomic E-state index is -3.59. The standard InChI is InChI=1S/C18H15NO3S2/c1-13-7-5-6-10-15(13)19-18(20)16-11-12-17(23-16)24(21,22)14-8-3-2-4-9-14/h2-12H,1H3,(H,19,20). The van der Waals surface area contributed by atoms with Gasteiger partial charge in [-0.25, -0.2) is 8.42 Å². The van der Waals surface area contributed by atoms with Gasteiger partial charge in [0.05, 0.1) is 9.77 Å². The maximum Gasteiger partial charge on any atom is 0.265 e. The van der Waals surface area contributed by atoms with Crippen LogP contribution in [0.1, 0.15) is 15.2 Å². The van der Waals surface area contributed by atoms with E-state index < -0.39 is 9.84 Å². The number of benzene rings is 2. The smallest absolute Gasteiger partial charge is 0.265 e. The molecule has 1 N–H and O–H groups in total. The Hall–Kier alpha value is -2.44. The second kappa shape index (κ2) is 6.59. The van der Waals surface area contributed by atoms with Crippen LogP contribution in [-0.4, -0.2) is 14.3 Å². The van der Waals surface area contributed by atoms with Gasteiger partial charge in [0.2, 0.25) is 9.84 Å². The van der Waals surface area contributed by atoms with Crippen LogP contribution >= 0.6 is 11.3 Å². The van der Waals surface area contributed by atoms with Crippen molar-refractivity contribution in [3.63, 3.8) is 0 Å². The number of carbonyl (C=O) groups excluding carboxylic acids is 1. The van der Waals surface area contributed by atoms with Gasteiger partial charge >= 0.3 is 0 Å². The quantitative estimate of drug-likeness (QED) is 0.763. The molecule has 0 bridgehead atoms. The van der Waals surface area contributed by atoms with Crippen molar-refractivity contribution < 1.29 is 13.2 Å². The highest BCUT2D eigenvalue weighted by molar-refractivity contribution is 7.93. The minimum absolute atomic E-state index is 0.156. The lowest BCUT2D eigenvalue weighted by Gasteiger charge is -2.06. The molecule has 0 unspecified atom stereocenters. The largest absolute Gasteiger partial charge is 0.321 e. The zero-order valence-corrected chi connectivity index (χ0v) is 14.5. The normalized spacial score (nSPS) is 11.2. The summed E-state index contributed by atoms with van der Waals surface area (Å²) in [4.78, 5) is 12.9. The Labute approximate surface area is 144 Å². The van der Waals surface area contributed by atoms with Crippen molar-refractivity contribution in [2.75, 3.05) is 5.32 Å². The second-order valence-electron chi connectivity index (χ2n) is 5.20. The van der Waals surface area contributed by atoms with E-state index in [0.29, 0.717) is 10.6 Å². The number of rotatable bonds is 4. The molecule has 122 valence electrons. The average Bonchev–Trinajstić information content (AvgIpc) is 3.09. The van der Waals surface area contributed by atoms with Gasteiger partial charge in [-0.2, -0.15) is 0 Å². The summed E-state index contributed by atoms with van der Waals surface area (Å²) in [5.74, 6) is -0.316. The van der Waals surface area contributed by atoms with Crippen LogP contribution < -0.4 is 5.32 Å². The van der Waals surface area contributed by atoms with Crippen molar-refractivity contribution in [1.82, 2.24) is 0 Å². The maximum absolute atomic E-state index is 12.6. The van der Waals surface area contributed by atoms with Crippen molar-refractivity contribution in [2.24, 2.45) is 0 Å². The van der Waals surface area contributed by atoms with E-state index in [0.717, 1.165) is 16.9 Å². The fourth-order valence-electron chi connectivity index (χ4n) is 2.20. The number of carbonyl (C=O) groups is 1. The molecule has 0 radical (unpaired) electrons. The summed E-state index contributed by atoms with van der Waals surface area (Å²) in [7, 11) is -3.59. The van der Waals surface area contributed by atoms with Gasteiger partial charge in [-0.05, 0) is 42.8 Å². The van der Waals surface area contributed by atoms with E-state index in [9.17, 15) is 13.2 Å². The fraction of sp³-hybridized carbons (Fsp3) is 0.0556. The predicted molar refractivity (Wildman–Crippen MR) is 95.3 cm³/mol. The van der Waals surface area contributed by atoms with Crippen molar-refractivity contribution in [3.8, 4) is 0 Å². The Morgan fingerprint density at radius 3 is 2.29 bits per heavy atom. The summed E-state index contributed by atoms with van der Waals surface area (Å²) in [6.45, 7) is 1.90. The lowest BCUT2D eigenvalue weighted by atomic mass is 10.2. The Balaban J connectivity index is 1.86. The Morgan fingerprint density at radius 1 is 0.917 bits per heavy atom. The van der Waals surface area contributed by atoms with E-state index in [1.54, 1.807) is 30.3 Å². The molecule has 4 nitrogen and oxygen atoms in total. The van der Waals surface area contributed by atoms with Gasteiger partial charge in [-0.1, -0.05) is 36.4 Å². The lowest BCUT2D eigenvalue weighted by Crippen LogP contribution is -2.10. The zero-order valence-electron chi connectivity index (χ0n) is 12.9. The van der Waals surface area contributed by atoms with Crippen LogP contribution in [0.2, 0.25) is 0 Å². The molecule has 1 amide bonds. The summed E-state index contributed by atoms with van der Waals surface area (Å²) in [5, 5.41) is 2.81. The number of amides is 1. The third kappa shape index (κ3) is 3.25. The van der Waals surface area contributed by atoms with Gasteiger partial charge in [0, 0.05) is 5.69 Å². The predicted octanol–water partition coefficient (Wildman–Crippen LogP) is 4.14. The molecule has 0 aliphatic carbocycles. The van der Waals surface area contributed by atoms with Crippen molar-refractivity contribution in [1.29, 1.82) is 0 Å². The van der Waals surface area contributed by atoms with E-state index in [-0.39, 0.29) is 15.0 Å². The molecule has 24 heavy (non-hydrogen) atoms. The van der Waals surface area contributed by atoms with Crippen LogP contribution in [0.25, 0.3) is 0 Å². The molecule has 1 heterocycles. The Morgan fingerprint density at radius 2 is 1.58 bits per heavy atom. The molecule has 0 aliphatic heterocycles. The molecule has 3 rings (SSSR count). The topological polar surface area (TPSA) is 63.2 Å². The number of hydrogen-bond acceptors (Lipinski definition) is 4. The summed E-state index contributed by atoms with van der Waals surface area (Å²) in [6, 6.07) is 18.6. The Kier molecular flexibility index (Phi) is 4.51. The molecule has 0 saturated heterocycles. The molecule has 3 aromatic rings. The van der Waals surface area contributed by atoms with Crippen molar-refractivity contribution in [2.45, 2.75) is 16.0 Å². The number of para-hydroxylation sites is 1. The van der Waals surface area contributed by atoms with Gasteiger partial charge in [0.15, 0.2) is 0 Å². The molecule has 0 atom stereocenters. The van der Waals surface area contributed by atoms with E-state index in [1.807, 2.05) is 31.2 Å². The van der Waals surface area contributed by atoms with E-state index in [1.165, 1.54) is 12.1 Å². The summed E-state index contributed by atoms with van der Waals surface area (Å²) < 4.78 is 25.3. The van der Waals surface area contributed by atoms with Crippen LogP contribution in [0, 0.1) is 6.92 Å². The maximum atomic E-state index is 12.6. The fourth-order valence-corrected chi connectivity index (χ4v) is 4.82. The lowest BCUT2D eigenvalue weighted by molar-refractivity contribution is 0.103. The van der Waals surface area contributed by atoms with Crippen LogP contribution in [0.15, 0.2) is 75.8 Å². The third-order valence-electron chi connectivity index (χ3n) is 3.52. The first-order valence-corrected chi connectivity index (χ1v) is 9.55. The molecule has 1 aromatic heterocycles. The van der Waals surface area contributed by atoms with E-state index >= 15 is 0 Å². The number of sulfone groups is 1. The molecule has 2 aromatic carbocycles. The van der Waals surface area contributed by atoms with E-state index in [2.05, 4.69) is 5.32 Å². The van der Waals surface area contributed by atoms with Gasteiger partial charge < -0.3 is 5.32 Å². The second-order valence-corrected chi connectivity index (χ2v) is 8.46. The van der Waals surface area contributed by atoms with E-state index in [4.69, 9.17) is 0 Å². The highest BCUT2D eigenvalue weighted by Gasteiger charge is 2.21. The number of anilines is 1. The minimum Gasteiger partial charge on any atom is -0.321 e. The van der Waals surface area contributed by atoms with Gasteiger partial charge in [0.1, 0.15) is 4.21 Å². The molecule has 0 aliphatic rings. The molecule has 6 heteroatoms. The molecule has 0 saturated carbocycles. The summed E-state index contributed by atoms with van der Waals surface area (Å²) >= 11 is 0.968. The number of hydrogen-bond donors (Lipinski definition) is 1. The average molecular weight is 357 g/mol. The highest BCUT2D eigenvalue weighted by atomic mass is 32.2. The molecule has 0 fully saturated rings. The van der Waals surface area contributed by atoms with Gasteiger partial charge in [-0.3, -0.25) is 4.79 Å². The van der Waals surface area contributed by atoms with Crippen LogP contribution in [0.3, 0.4) is 0 Å². The Bertz CT molecular complexity index is 976. The first-order valence-electron chi connectivity index (χ1n) is 7.25. The van der Waals surface area contributed by atoms with Gasteiger partial charge in [0.25, 0.3) is 5.91 Å². The molecule has 0 spiro atoms. The van der Waals surface area contributed by atoms with Crippen LogP contribution in [0.4, 0.5) is 5.69 Å². The SMILES string of the molecule is Cc1ccccc1NC(=O)c1ccc(S(=O)(=O)c2ccccc2)s1. The number of aryl methyl sites for hydroxylation is 1. The number of thiophene rings is 1. The number of nitrogens with one attached hydrogen (secondary N) is 1. The monoisotopic (exact) mass is 357 g/mol. The van der Waals surface area contributed by atoms with Crippen LogP contribution in [0.5, 0.6) is 0 Å². The van der Waals surface area contributed by atoms with Crippen molar-refractivity contribution >= 4 is 32.8 Å². The first kappa shape index (κ1) is 16.4. The summed E-state index contributed by atoms with van der Waals surface area (Å²) in [6.07, 6.45) is 0. The summed E-state index contributed by atoms with van der Waals surface area (Å²) in [5.41, 5.74) is 1.66. The van der Waals surface area contributed by atoms with Crippen LogP contribution in [-0.2, 0) is 9.84 Å². The third-order valence-corrected chi connectivity index (χ3v) is 6.86. The molecular weight excluding hydrogens is 342 g/mol. The molecular formula is C18H15NO3S2. The highest BCUT2D eigenvalue weighted by Crippen LogP contribution is 2.28. The zero-order chi connectivity index (χ0) is 17.2.